The Balaban J connectivity index is 2.07. The predicted octanol–water partition coefficient (Wildman–Crippen LogP) is 5.68. The largest absolute Gasteiger partial charge is 0.263 e. The van der Waals surface area contributed by atoms with Gasteiger partial charge in [0.05, 0.1) is 5.69 Å². The van der Waals surface area contributed by atoms with Crippen LogP contribution in [-0.4, -0.2) is 9.97 Å². The first kappa shape index (κ1) is 16.7. The van der Waals surface area contributed by atoms with Crippen LogP contribution in [0.3, 0.4) is 0 Å². The van der Waals surface area contributed by atoms with Crippen LogP contribution in [0.5, 0.6) is 0 Å². The molecule has 3 aromatic rings. The number of hydrogen-bond donors (Lipinski definition) is 0. The number of nitrogens with zero attached hydrogens (tertiary/aromatic N) is 2. The smallest absolute Gasteiger partial charge is 0.132 e. The van der Waals surface area contributed by atoms with Crippen molar-refractivity contribution in [2.75, 3.05) is 0 Å². The number of hydrogen-bond acceptors (Lipinski definition) is 2. The SMILES string of the molecule is C=C/C(=C\C)c1cncc(-c2ccnc(-c3cc(F)ccc3F)c2)c1. The Morgan fingerprint density at radius 3 is 2.64 bits per heavy atom. The van der Waals surface area contributed by atoms with E-state index in [2.05, 4.69) is 16.5 Å². The van der Waals surface area contributed by atoms with E-state index in [1.165, 1.54) is 0 Å². The standard InChI is InChI=1S/C21H16F2N2/c1-3-14(4-2)16-9-17(13-24-12-16)15-7-8-25-21(10-15)19-11-18(22)5-6-20(19)23/h3-13H,1H2,2H3/b14-4+. The van der Waals surface area contributed by atoms with Crippen molar-refractivity contribution in [3.8, 4) is 22.4 Å². The van der Waals surface area contributed by atoms with Crippen LogP contribution < -0.4 is 0 Å². The number of rotatable bonds is 4. The Hall–Kier alpha value is -3.14. The predicted molar refractivity (Wildman–Crippen MR) is 96.7 cm³/mol. The molecule has 0 aliphatic rings. The van der Waals surface area contributed by atoms with Gasteiger partial charge in [-0.25, -0.2) is 8.78 Å². The first-order chi connectivity index (χ1) is 12.1. The van der Waals surface area contributed by atoms with E-state index in [0.717, 1.165) is 40.5 Å². The molecule has 2 heterocycles. The zero-order chi connectivity index (χ0) is 17.8. The van der Waals surface area contributed by atoms with Gasteiger partial charge >= 0.3 is 0 Å². The lowest BCUT2D eigenvalue weighted by molar-refractivity contribution is 0.602. The number of aromatic nitrogens is 2. The highest BCUT2D eigenvalue weighted by Gasteiger charge is 2.10. The van der Waals surface area contributed by atoms with Crippen LogP contribution in [0.4, 0.5) is 8.78 Å². The van der Waals surface area contributed by atoms with Crippen LogP contribution in [0.2, 0.25) is 0 Å². The van der Waals surface area contributed by atoms with Gasteiger partial charge in [-0.15, -0.1) is 0 Å². The van der Waals surface area contributed by atoms with Crippen LogP contribution in [0.1, 0.15) is 12.5 Å². The summed E-state index contributed by atoms with van der Waals surface area (Å²) >= 11 is 0. The quantitative estimate of drug-likeness (QED) is 0.574. The summed E-state index contributed by atoms with van der Waals surface area (Å²) in [6.07, 6.45) is 8.77. The zero-order valence-corrected chi connectivity index (χ0v) is 13.7. The molecule has 25 heavy (non-hydrogen) atoms. The summed E-state index contributed by atoms with van der Waals surface area (Å²) in [6, 6.07) is 8.84. The molecule has 0 saturated carbocycles. The van der Waals surface area contributed by atoms with E-state index in [1.54, 1.807) is 30.7 Å². The van der Waals surface area contributed by atoms with Crippen LogP contribution in [0.15, 0.2) is 73.7 Å². The summed E-state index contributed by atoms with van der Waals surface area (Å²) < 4.78 is 27.5. The van der Waals surface area contributed by atoms with E-state index in [-0.39, 0.29) is 5.56 Å². The summed E-state index contributed by atoms with van der Waals surface area (Å²) in [5, 5.41) is 0. The molecule has 0 aliphatic carbocycles. The molecular weight excluding hydrogens is 318 g/mol. The Labute approximate surface area is 145 Å². The van der Waals surface area contributed by atoms with Crippen molar-refractivity contribution in [2.24, 2.45) is 0 Å². The normalized spacial score (nSPS) is 11.4. The fourth-order valence-corrected chi connectivity index (χ4v) is 2.61. The Bertz CT molecular complexity index is 962. The highest BCUT2D eigenvalue weighted by atomic mass is 19.1. The topological polar surface area (TPSA) is 25.8 Å². The summed E-state index contributed by atoms with van der Waals surface area (Å²) in [5.41, 5.74) is 4.09. The van der Waals surface area contributed by atoms with E-state index in [4.69, 9.17) is 0 Å². The average Bonchev–Trinajstić information content (AvgIpc) is 2.65. The fraction of sp³-hybridized carbons (Fsp3) is 0.0476. The van der Waals surface area contributed by atoms with Gasteiger partial charge in [-0.2, -0.15) is 0 Å². The van der Waals surface area contributed by atoms with Crippen molar-refractivity contribution in [3.05, 3.63) is 90.9 Å². The van der Waals surface area contributed by atoms with E-state index in [1.807, 2.05) is 25.1 Å². The summed E-state index contributed by atoms with van der Waals surface area (Å²) in [7, 11) is 0. The summed E-state index contributed by atoms with van der Waals surface area (Å²) in [5.74, 6) is -1.02. The van der Waals surface area contributed by atoms with Crippen molar-refractivity contribution in [1.82, 2.24) is 9.97 Å². The molecule has 2 aromatic heterocycles. The number of halogens is 2. The number of pyridine rings is 2. The van der Waals surface area contributed by atoms with Crippen molar-refractivity contribution in [2.45, 2.75) is 6.92 Å². The summed E-state index contributed by atoms with van der Waals surface area (Å²) in [6.45, 7) is 5.73. The monoisotopic (exact) mass is 334 g/mol. The maximum Gasteiger partial charge on any atom is 0.132 e. The molecule has 0 atom stereocenters. The average molecular weight is 334 g/mol. The maximum absolute atomic E-state index is 14.0. The number of allylic oxidation sites excluding steroid dienone is 3. The third-order valence-corrected chi connectivity index (χ3v) is 3.90. The molecule has 124 valence electrons. The van der Waals surface area contributed by atoms with Gasteiger partial charge in [-0.05, 0) is 54.5 Å². The van der Waals surface area contributed by atoms with Gasteiger partial charge in [0.25, 0.3) is 0 Å². The molecule has 3 rings (SSSR count). The lowest BCUT2D eigenvalue weighted by Crippen LogP contribution is -1.91. The third-order valence-electron chi connectivity index (χ3n) is 3.90. The zero-order valence-electron chi connectivity index (χ0n) is 13.7. The van der Waals surface area contributed by atoms with E-state index < -0.39 is 11.6 Å². The lowest BCUT2D eigenvalue weighted by atomic mass is 10.0. The van der Waals surface area contributed by atoms with Gasteiger partial charge in [0.1, 0.15) is 11.6 Å². The minimum absolute atomic E-state index is 0.131. The van der Waals surface area contributed by atoms with Crippen LogP contribution >= 0.6 is 0 Å². The highest BCUT2D eigenvalue weighted by molar-refractivity contribution is 5.77. The third kappa shape index (κ3) is 3.53. The highest BCUT2D eigenvalue weighted by Crippen LogP contribution is 2.28. The van der Waals surface area contributed by atoms with Gasteiger partial charge in [-0.1, -0.05) is 18.7 Å². The van der Waals surface area contributed by atoms with Crippen molar-refractivity contribution in [3.63, 3.8) is 0 Å². The molecular formula is C21H16F2N2. The molecule has 0 bridgehead atoms. The maximum atomic E-state index is 14.0. The molecule has 0 radical (unpaired) electrons. The molecule has 0 N–H and O–H groups in total. The lowest BCUT2D eigenvalue weighted by Gasteiger charge is -2.08. The van der Waals surface area contributed by atoms with E-state index in [0.29, 0.717) is 5.69 Å². The van der Waals surface area contributed by atoms with Crippen molar-refractivity contribution in [1.29, 1.82) is 0 Å². The molecule has 0 unspecified atom stereocenters. The minimum atomic E-state index is -0.513. The van der Waals surface area contributed by atoms with Crippen molar-refractivity contribution >= 4 is 5.57 Å². The van der Waals surface area contributed by atoms with E-state index >= 15 is 0 Å². The molecule has 2 nitrogen and oxygen atoms in total. The van der Waals surface area contributed by atoms with Gasteiger partial charge in [0.15, 0.2) is 0 Å². The molecule has 0 aliphatic heterocycles. The van der Waals surface area contributed by atoms with Gasteiger partial charge < -0.3 is 0 Å². The van der Waals surface area contributed by atoms with E-state index in [9.17, 15) is 8.78 Å². The second kappa shape index (κ2) is 7.18. The van der Waals surface area contributed by atoms with Gasteiger partial charge in [-0.3, -0.25) is 9.97 Å². The minimum Gasteiger partial charge on any atom is -0.263 e. The molecule has 1 aromatic carbocycles. The van der Waals surface area contributed by atoms with Crippen LogP contribution in [0, 0.1) is 11.6 Å². The van der Waals surface area contributed by atoms with Crippen LogP contribution in [0.25, 0.3) is 28.0 Å². The van der Waals surface area contributed by atoms with Crippen molar-refractivity contribution < 1.29 is 8.78 Å². The second-order valence-electron chi connectivity index (χ2n) is 5.46. The molecule has 0 fully saturated rings. The summed E-state index contributed by atoms with van der Waals surface area (Å²) in [4.78, 5) is 8.44. The van der Waals surface area contributed by atoms with Gasteiger partial charge in [0.2, 0.25) is 0 Å². The molecule has 0 spiro atoms. The fourth-order valence-electron chi connectivity index (χ4n) is 2.61. The number of benzene rings is 1. The van der Waals surface area contributed by atoms with Gasteiger partial charge in [0, 0.05) is 35.3 Å². The first-order valence-corrected chi connectivity index (χ1v) is 7.78. The Kier molecular flexibility index (Phi) is 4.80. The second-order valence-corrected chi connectivity index (χ2v) is 5.46. The first-order valence-electron chi connectivity index (χ1n) is 7.78. The van der Waals surface area contributed by atoms with Crippen LogP contribution in [-0.2, 0) is 0 Å². The Morgan fingerprint density at radius 1 is 1.04 bits per heavy atom. The molecule has 0 amide bonds. The Morgan fingerprint density at radius 2 is 1.88 bits per heavy atom. The molecule has 4 heteroatoms. The molecule has 0 saturated heterocycles.